The van der Waals surface area contributed by atoms with Gasteiger partial charge >= 0.3 is 0 Å². The quantitative estimate of drug-likeness (QED) is 0.926. The monoisotopic (exact) mass is 288 g/mol. The molecule has 0 aromatic carbocycles. The smallest absolute Gasteiger partial charge is 0.222 e. The summed E-state index contributed by atoms with van der Waals surface area (Å²) in [6.45, 7) is 6.97. The largest absolute Gasteiger partial charge is 0.353 e. The van der Waals surface area contributed by atoms with Crippen LogP contribution in [0.25, 0.3) is 0 Å². The van der Waals surface area contributed by atoms with Crippen molar-refractivity contribution in [2.45, 2.75) is 65.5 Å². The molecule has 1 heterocycles. The molecular formula is C17H24N2O2. The Bertz CT molecular complexity index is 594. The van der Waals surface area contributed by atoms with Gasteiger partial charge in [0.05, 0.1) is 0 Å². The zero-order chi connectivity index (χ0) is 15.2. The summed E-state index contributed by atoms with van der Waals surface area (Å²) in [5, 5.41) is 3.02. The normalized spacial score (nSPS) is 20.2. The highest BCUT2D eigenvalue weighted by Gasteiger charge is 2.33. The molecule has 0 unspecified atom stereocenters. The first-order valence-electron chi connectivity index (χ1n) is 7.87. The van der Waals surface area contributed by atoms with Crippen molar-refractivity contribution >= 4 is 11.7 Å². The van der Waals surface area contributed by atoms with Crippen LogP contribution in [-0.4, -0.2) is 22.3 Å². The molecule has 0 bridgehead atoms. The molecule has 1 aromatic heterocycles. The predicted octanol–water partition coefficient (Wildman–Crippen LogP) is 2.62. The molecule has 4 nitrogen and oxygen atoms in total. The van der Waals surface area contributed by atoms with E-state index in [-0.39, 0.29) is 17.1 Å². The summed E-state index contributed by atoms with van der Waals surface area (Å²) in [6.07, 6.45) is 4.25. The van der Waals surface area contributed by atoms with Gasteiger partial charge in [-0.2, -0.15) is 0 Å². The minimum atomic E-state index is 0.0168. The van der Waals surface area contributed by atoms with Crippen LogP contribution in [0, 0.1) is 12.3 Å². The van der Waals surface area contributed by atoms with Crippen LogP contribution in [-0.2, 0) is 17.8 Å². The average molecular weight is 288 g/mol. The van der Waals surface area contributed by atoms with E-state index in [1.165, 1.54) is 0 Å². The SMILES string of the molecule is Cc1cc2c(n1CCC(=O)NC1CC1)CC(C)(C)CC2=O. The maximum atomic E-state index is 12.3. The fraction of sp³-hybridized carbons (Fsp3) is 0.647. The lowest BCUT2D eigenvalue weighted by molar-refractivity contribution is -0.121. The van der Waals surface area contributed by atoms with Gasteiger partial charge in [0.15, 0.2) is 5.78 Å². The molecule has 2 aliphatic rings. The van der Waals surface area contributed by atoms with Crippen LogP contribution >= 0.6 is 0 Å². The number of hydrogen-bond acceptors (Lipinski definition) is 2. The lowest BCUT2D eigenvalue weighted by Crippen LogP contribution is -2.29. The Morgan fingerprint density at radius 2 is 2.10 bits per heavy atom. The number of rotatable bonds is 4. The minimum Gasteiger partial charge on any atom is -0.353 e. The first-order chi connectivity index (χ1) is 9.85. The number of aromatic nitrogens is 1. The van der Waals surface area contributed by atoms with E-state index < -0.39 is 0 Å². The lowest BCUT2D eigenvalue weighted by atomic mass is 9.76. The average Bonchev–Trinajstić information content (AvgIpc) is 3.10. The number of ketones is 1. The number of nitrogens with zero attached hydrogens (tertiary/aromatic N) is 1. The van der Waals surface area contributed by atoms with Crippen molar-refractivity contribution < 1.29 is 9.59 Å². The van der Waals surface area contributed by atoms with Gasteiger partial charge in [-0.25, -0.2) is 0 Å². The number of carbonyl (C=O) groups is 2. The van der Waals surface area contributed by atoms with Crippen molar-refractivity contribution in [1.29, 1.82) is 0 Å². The highest BCUT2D eigenvalue weighted by atomic mass is 16.1. The Kier molecular flexibility index (Phi) is 3.42. The van der Waals surface area contributed by atoms with Gasteiger partial charge in [0, 0.05) is 42.4 Å². The Morgan fingerprint density at radius 1 is 1.38 bits per heavy atom. The molecule has 1 N–H and O–H groups in total. The van der Waals surface area contributed by atoms with Gasteiger partial charge in [-0.3, -0.25) is 9.59 Å². The van der Waals surface area contributed by atoms with Gasteiger partial charge in [-0.1, -0.05) is 13.8 Å². The van der Waals surface area contributed by atoms with E-state index in [1.807, 2.05) is 13.0 Å². The number of Topliss-reactive ketones (excluding diaryl/α,β-unsaturated/α-hetero) is 1. The Balaban J connectivity index is 1.76. The van der Waals surface area contributed by atoms with Crippen molar-refractivity contribution in [1.82, 2.24) is 9.88 Å². The van der Waals surface area contributed by atoms with E-state index >= 15 is 0 Å². The summed E-state index contributed by atoms with van der Waals surface area (Å²) >= 11 is 0. The van der Waals surface area contributed by atoms with Crippen LogP contribution < -0.4 is 5.32 Å². The second-order valence-corrected chi connectivity index (χ2v) is 7.33. The van der Waals surface area contributed by atoms with Crippen molar-refractivity contribution in [2.24, 2.45) is 5.41 Å². The van der Waals surface area contributed by atoms with Crippen LogP contribution in [0.2, 0.25) is 0 Å². The van der Waals surface area contributed by atoms with E-state index in [9.17, 15) is 9.59 Å². The van der Waals surface area contributed by atoms with E-state index in [1.54, 1.807) is 0 Å². The topological polar surface area (TPSA) is 51.1 Å². The lowest BCUT2D eigenvalue weighted by Gasteiger charge is -2.29. The summed E-state index contributed by atoms with van der Waals surface area (Å²) in [5.74, 6) is 0.367. The van der Waals surface area contributed by atoms with E-state index in [0.29, 0.717) is 25.4 Å². The molecule has 0 aliphatic heterocycles. The fourth-order valence-corrected chi connectivity index (χ4v) is 3.26. The van der Waals surface area contributed by atoms with Crippen LogP contribution in [0.15, 0.2) is 6.07 Å². The summed E-state index contributed by atoms with van der Waals surface area (Å²) in [6, 6.07) is 2.41. The molecule has 1 fully saturated rings. The summed E-state index contributed by atoms with van der Waals surface area (Å²) in [4.78, 5) is 24.1. The maximum absolute atomic E-state index is 12.3. The summed E-state index contributed by atoms with van der Waals surface area (Å²) < 4.78 is 2.17. The zero-order valence-corrected chi connectivity index (χ0v) is 13.2. The molecule has 114 valence electrons. The molecule has 0 saturated heterocycles. The summed E-state index contributed by atoms with van der Waals surface area (Å²) in [7, 11) is 0. The van der Waals surface area contributed by atoms with Crippen molar-refractivity contribution in [3.63, 3.8) is 0 Å². The Labute approximate surface area is 125 Å². The molecule has 0 atom stereocenters. The third-order valence-corrected chi connectivity index (χ3v) is 4.51. The zero-order valence-electron chi connectivity index (χ0n) is 13.2. The highest BCUT2D eigenvalue weighted by Crippen LogP contribution is 2.36. The van der Waals surface area contributed by atoms with Crippen LogP contribution in [0.5, 0.6) is 0 Å². The molecule has 1 saturated carbocycles. The Morgan fingerprint density at radius 3 is 2.76 bits per heavy atom. The number of carbonyl (C=O) groups excluding carboxylic acids is 2. The maximum Gasteiger partial charge on any atom is 0.222 e. The molecule has 3 rings (SSSR count). The third-order valence-electron chi connectivity index (χ3n) is 4.51. The number of amides is 1. The van der Waals surface area contributed by atoms with Crippen molar-refractivity contribution in [3.8, 4) is 0 Å². The minimum absolute atomic E-state index is 0.0168. The first kappa shape index (κ1) is 14.4. The van der Waals surface area contributed by atoms with Crippen LogP contribution in [0.4, 0.5) is 0 Å². The molecule has 0 spiro atoms. The molecular weight excluding hydrogens is 264 g/mol. The van der Waals surface area contributed by atoms with Gasteiger partial charge < -0.3 is 9.88 Å². The molecule has 1 aromatic rings. The molecule has 2 aliphatic carbocycles. The number of hydrogen-bond donors (Lipinski definition) is 1. The van der Waals surface area contributed by atoms with E-state index in [0.717, 1.165) is 36.2 Å². The molecule has 1 amide bonds. The Hall–Kier alpha value is -1.58. The van der Waals surface area contributed by atoms with Gasteiger partial charge in [0.2, 0.25) is 5.91 Å². The second kappa shape index (κ2) is 5.00. The third kappa shape index (κ3) is 3.04. The van der Waals surface area contributed by atoms with Crippen molar-refractivity contribution in [2.75, 3.05) is 0 Å². The van der Waals surface area contributed by atoms with Crippen LogP contribution in [0.3, 0.4) is 0 Å². The summed E-state index contributed by atoms with van der Waals surface area (Å²) in [5.41, 5.74) is 3.09. The number of aryl methyl sites for hydroxylation is 1. The standard InChI is InChI=1S/C17H24N2O2/c1-11-8-13-14(9-17(2,3)10-15(13)20)19(11)7-6-16(21)18-12-4-5-12/h8,12H,4-7,9-10H2,1-3H3,(H,18,21). The highest BCUT2D eigenvalue weighted by molar-refractivity contribution is 5.99. The molecule has 0 radical (unpaired) electrons. The van der Waals surface area contributed by atoms with E-state index in [2.05, 4.69) is 23.7 Å². The van der Waals surface area contributed by atoms with Crippen molar-refractivity contribution in [3.05, 3.63) is 23.0 Å². The van der Waals surface area contributed by atoms with E-state index in [4.69, 9.17) is 0 Å². The van der Waals surface area contributed by atoms with Gasteiger partial charge in [-0.05, 0) is 37.7 Å². The van der Waals surface area contributed by atoms with Crippen LogP contribution in [0.1, 0.15) is 61.3 Å². The van der Waals surface area contributed by atoms with Gasteiger partial charge in [0.25, 0.3) is 0 Å². The second-order valence-electron chi connectivity index (χ2n) is 7.33. The van der Waals surface area contributed by atoms with Gasteiger partial charge in [-0.15, -0.1) is 0 Å². The van der Waals surface area contributed by atoms with Gasteiger partial charge in [0.1, 0.15) is 0 Å². The molecule has 21 heavy (non-hydrogen) atoms. The predicted molar refractivity (Wildman–Crippen MR) is 81.4 cm³/mol. The number of fused-ring (bicyclic) bond motifs is 1. The molecule has 4 heteroatoms. The fourth-order valence-electron chi connectivity index (χ4n) is 3.26. The first-order valence-corrected chi connectivity index (χ1v) is 7.87. The number of nitrogens with one attached hydrogen (secondary N) is 1.